The molecule has 0 aliphatic carbocycles. The number of carbonyl (C=O) groups is 1. The van der Waals surface area contributed by atoms with Gasteiger partial charge in [0.1, 0.15) is 5.76 Å². The van der Waals surface area contributed by atoms with Gasteiger partial charge in [-0.05, 0) is 36.6 Å². The summed E-state index contributed by atoms with van der Waals surface area (Å²) in [5.41, 5.74) is 3.08. The van der Waals surface area contributed by atoms with Crippen molar-refractivity contribution >= 4 is 16.8 Å². The smallest absolute Gasteiger partial charge is 0.287 e. The molecule has 2 heterocycles. The zero-order valence-electron chi connectivity index (χ0n) is 13.9. The van der Waals surface area contributed by atoms with Crippen molar-refractivity contribution in [2.75, 3.05) is 6.61 Å². The molecule has 1 amide bonds. The van der Waals surface area contributed by atoms with Crippen LogP contribution >= 0.6 is 0 Å². The van der Waals surface area contributed by atoms with Crippen LogP contribution in [0.1, 0.15) is 34.4 Å². The van der Waals surface area contributed by atoms with Gasteiger partial charge in [-0.2, -0.15) is 0 Å². The normalized spacial score (nSPS) is 12.5. The fraction of sp³-hybridized carbons (Fsp3) is 0.316. The Kier molecular flexibility index (Phi) is 4.71. The molecule has 24 heavy (non-hydrogen) atoms. The molecule has 0 fully saturated rings. The lowest BCUT2D eigenvalue weighted by Crippen LogP contribution is -2.38. The van der Waals surface area contributed by atoms with E-state index >= 15 is 0 Å². The van der Waals surface area contributed by atoms with Gasteiger partial charge in [0.25, 0.3) is 5.91 Å². The number of aliphatic hydroxyl groups excluding tert-OH is 1. The van der Waals surface area contributed by atoms with Crippen molar-refractivity contribution in [2.24, 2.45) is 0 Å². The first kappa shape index (κ1) is 16.3. The Morgan fingerprint density at radius 1 is 1.38 bits per heavy atom. The second-order valence-electron chi connectivity index (χ2n) is 5.99. The van der Waals surface area contributed by atoms with Gasteiger partial charge in [0.05, 0.1) is 12.6 Å². The SMILES string of the molecule is CCc1oc(C(=O)NC(CO)Cc2c[nH]c3ccccc23)cc1C. The second kappa shape index (κ2) is 6.93. The molecule has 0 spiro atoms. The number of fused-ring (bicyclic) bond motifs is 1. The zero-order valence-corrected chi connectivity index (χ0v) is 13.9. The van der Waals surface area contributed by atoms with E-state index in [1.165, 1.54) is 0 Å². The third kappa shape index (κ3) is 3.21. The maximum Gasteiger partial charge on any atom is 0.287 e. The Balaban J connectivity index is 1.73. The first-order valence-electron chi connectivity index (χ1n) is 8.18. The van der Waals surface area contributed by atoms with Crippen LogP contribution in [0.25, 0.3) is 10.9 Å². The van der Waals surface area contributed by atoms with Gasteiger partial charge in [-0.25, -0.2) is 0 Å². The van der Waals surface area contributed by atoms with Crippen LogP contribution in [0, 0.1) is 6.92 Å². The number of amides is 1. The summed E-state index contributed by atoms with van der Waals surface area (Å²) in [5.74, 6) is 0.816. The van der Waals surface area contributed by atoms with E-state index in [1.54, 1.807) is 6.07 Å². The zero-order chi connectivity index (χ0) is 17.1. The molecule has 3 N–H and O–H groups in total. The average molecular weight is 326 g/mol. The largest absolute Gasteiger partial charge is 0.456 e. The quantitative estimate of drug-likeness (QED) is 0.651. The fourth-order valence-corrected chi connectivity index (χ4v) is 2.97. The Labute approximate surface area is 140 Å². The van der Waals surface area contributed by atoms with Crippen molar-refractivity contribution in [3.05, 3.63) is 59.2 Å². The number of para-hydroxylation sites is 1. The molecular weight excluding hydrogens is 304 g/mol. The highest BCUT2D eigenvalue weighted by Crippen LogP contribution is 2.19. The number of aromatic nitrogens is 1. The van der Waals surface area contributed by atoms with E-state index in [-0.39, 0.29) is 18.6 Å². The van der Waals surface area contributed by atoms with Crippen LogP contribution in [-0.4, -0.2) is 28.6 Å². The van der Waals surface area contributed by atoms with Crippen LogP contribution in [-0.2, 0) is 12.8 Å². The van der Waals surface area contributed by atoms with Gasteiger partial charge >= 0.3 is 0 Å². The molecule has 0 radical (unpaired) electrons. The van der Waals surface area contributed by atoms with Gasteiger partial charge in [0.2, 0.25) is 0 Å². The number of hydrogen-bond acceptors (Lipinski definition) is 3. The first-order chi connectivity index (χ1) is 11.6. The predicted octanol–water partition coefficient (Wildman–Crippen LogP) is 2.97. The lowest BCUT2D eigenvalue weighted by molar-refractivity contribution is 0.0887. The molecule has 0 saturated carbocycles. The Morgan fingerprint density at radius 2 is 2.17 bits per heavy atom. The summed E-state index contributed by atoms with van der Waals surface area (Å²) in [6, 6.07) is 9.35. The van der Waals surface area contributed by atoms with E-state index in [1.807, 2.05) is 44.3 Å². The van der Waals surface area contributed by atoms with Crippen molar-refractivity contribution in [2.45, 2.75) is 32.7 Å². The molecular formula is C19H22N2O3. The lowest BCUT2D eigenvalue weighted by Gasteiger charge is -2.15. The van der Waals surface area contributed by atoms with E-state index in [4.69, 9.17) is 4.42 Å². The van der Waals surface area contributed by atoms with Crippen molar-refractivity contribution in [1.29, 1.82) is 0 Å². The summed E-state index contributed by atoms with van der Waals surface area (Å²) in [5, 5.41) is 13.6. The van der Waals surface area contributed by atoms with E-state index in [0.29, 0.717) is 12.2 Å². The van der Waals surface area contributed by atoms with Crippen molar-refractivity contribution in [3.8, 4) is 0 Å². The average Bonchev–Trinajstić information content (AvgIpc) is 3.17. The Morgan fingerprint density at radius 3 is 2.88 bits per heavy atom. The summed E-state index contributed by atoms with van der Waals surface area (Å²) in [6.45, 7) is 3.78. The summed E-state index contributed by atoms with van der Waals surface area (Å²) in [4.78, 5) is 15.6. The molecule has 126 valence electrons. The van der Waals surface area contributed by atoms with Crippen LogP contribution in [0.15, 0.2) is 40.9 Å². The van der Waals surface area contributed by atoms with E-state index in [2.05, 4.69) is 10.3 Å². The van der Waals surface area contributed by atoms with Crippen LogP contribution < -0.4 is 5.32 Å². The van der Waals surface area contributed by atoms with Gasteiger partial charge in [-0.3, -0.25) is 4.79 Å². The fourth-order valence-electron chi connectivity index (χ4n) is 2.97. The van der Waals surface area contributed by atoms with Gasteiger partial charge in [0, 0.05) is 23.5 Å². The number of rotatable bonds is 6. The lowest BCUT2D eigenvalue weighted by atomic mass is 10.1. The molecule has 0 aliphatic rings. The number of aromatic amines is 1. The number of aryl methyl sites for hydroxylation is 2. The third-order valence-corrected chi connectivity index (χ3v) is 4.26. The molecule has 3 aromatic rings. The monoisotopic (exact) mass is 326 g/mol. The molecule has 1 unspecified atom stereocenters. The molecule has 0 bridgehead atoms. The standard InChI is InChI=1S/C19H22N2O3/c1-3-17-12(2)8-18(24-17)19(23)21-14(11-22)9-13-10-20-16-7-5-4-6-15(13)16/h4-8,10,14,20,22H,3,9,11H2,1-2H3,(H,21,23). The van der Waals surface area contributed by atoms with E-state index in [9.17, 15) is 9.90 Å². The summed E-state index contributed by atoms with van der Waals surface area (Å²) >= 11 is 0. The molecule has 3 rings (SSSR count). The first-order valence-corrected chi connectivity index (χ1v) is 8.18. The van der Waals surface area contributed by atoms with Gasteiger partial charge in [0.15, 0.2) is 5.76 Å². The number of hydrogen-bond donors (Lipinski definition) is 3. The van der Waals surface area contributed by atoms with E-state index in [0.717, 1.165) is 34.2 Å². The highest BCUT2D eigenvalue weighted by atomic mass is 16.4. The molecule has 1 aromatic carbocycles. The van der Waals surface area contributed by atoms with Gasteiger partial charge < -0.3 is 19.8 Å². The Bertz CT molecular complexity index is 847. The maximum absolute atomic E-state index is 12.4. The van der Waals surface area contributed by atoms with Crippen LogP contribution in [0.3, 0.4) is 0 Å². The maximum atomic E-state index is 12.4. The highest BCUT2D eigenvalue weighted by molar-refractivity contribution is 5.92. The molecule has 0 saturated heterocycles. The topological polar surface area (TPSA) is 78.3 Å². The summed E-state index contributed by atoms with van der Waals surface area (Å²) in [6.07, 6.45) is 3.22. The Hall–Kier alpha value is -2.53. The van der Waals surface area contributed by atoms with E-state index < -0.39 is 0 Å². The van der Waals surface area contributed by atoms with Crippen LogP contribution in [0.4, 0.5) is 0 Å². The number of aliphatic hydroxyl groups is 1. The molecule has 1 atom stereocenters. The number of carbonyl (C=O) groups excluding carboxylic acids is 1. The molecule has 0 aliphatic heterocycles. The molecule has 5 nitrogen and oxygen atoms in total. The number of furan rings is 1. The minimum atomic E-state index is -0.368. The number of H-pyrrole nitrogens is 1. The highest BCUT2D eigenvalue weighted by Gasteiger charge is 2.19. The van der Waals surface area contributed by atoms with Crippen LogP contribution in [0.2, 0.25) is 0 Å². The van der Waals surface area contributed by atoms with Crippen LogP contribution in [0.5, 0.6) is 0 Å². The second-order valence-corrected chi connectivity index (χ2v) is 5.99. The van der Waals surface area contributed by atoms with Crippen molar-refractivity contribution < 1.29 is 14.3 Å². The number of nitrogens with one attached hydrogen (secondary N) is 2. The summed E-state index contributed by atoms with van der Waals surface area (Å²) in [7, 11) is 0. The minimum absolute atomic E-state index is 0.133. The van der Waals surface area contributed by atoms with Crippen molar-refractivity contribution in [3.63, 3.8) is 0 Å². The summed E-state index contributed by atoms with van der Waals surface area (Å²) < 4.78 is 5.58. The van der Waals surface area contributed by atoms with Gasteiger partial charge in [-0.1, -0.05) is 25.1 Å². The number of benzene rings is 1. The predicted molar refractivity (Wildman–Crippen MR) is 93.2 cm³/mol. The van der Waals surface area contributed by atoms with Crippen molar-refractivity contribution in [1.82, 2.24) is 10.3 Å². The molecule has 5 heteroatoms. The van der Waals surface area contributed by atoms with Gasteiger partial charge in [-0.15, -0.1) is 0 Å². The third-order valence-electron chi connectivity index (χ3n) is 4.26. The molecule has 2 aromatic heterocycles. The minimum Gasteiger partial charge on any atom is -0.456 e.